The van der Waals surface area contributed by atoms with Crippen molar-refractivity contribution in [3.8, 4) is 17.0 Å². The number of amides is 1. The second kappa shape index (κ2) is 8.65. The van der Waals surface area contributed by atoms with E-state index >= 15 is 0 Å². The van der Waals surface area contributed by atoms with E-state index in [9.17, 15) is 4.79 Å². The minimum absolute atomic E-state index is 0.0263. The molecule has 2 heterocycles. The Balaban J connectivity index is 1.66. The molecule has 6 nitrogen and oxygen atoms in total. The summed E-state index contributed by atoms with van der Waals surface area (Å²) in [6.45, 7) is 4.42. The van der Waals surface area contributed by atoms with Crippen LogP contribution in [0.15, 0.2) is 36.4 Å². The smallest absolute Gasteiger partial charge is 0.224 e. The van der Waals surface area contributed by atoms with E-state index in [0.29, 0.717) is 6.54 Å². The van der Waals surface area contributed by atoms with Gasteiger partial charge in [-0.2, -0.15) is 0 Å². The van der Waals surface area contributed by atoms with Gasteiger partial charge in [0.15, 0.2) is 5.82 Å². The highest BCUT2D eigenvalue weighted by molar-refractivity contribution is 5.79. The van der Waals surface area contributed by atoms with Crippen molar-refractivity contribution in [2.75, 3.05) is 31.6 Å². The summed E-state index contributed by atoms with van der Waals surface area (Å²) in [5.41, 5.74) is 1.82. The molecule has 1 N–H and O–H groups in total. The summed E-state index contributed by atoms with van der Waals surface area (Å²) in [5.74, 6) is 1.83. The summed E-state index contributed by atoms with van der Waals surface area (Å²) < 4.78 is 5.18. The van der Waals surface area contributed by atoms with Crippen molar-refractivity contribution >= 4 is 11.7 Å². The van der Waals surface area contributed by atoms with Gasteiger partial charge in [-0.15, -0.1) is 10.2 Å². The van der Waals surface area contributed by atoms with Crippen molar-refractivity contribution < 1.29 is 9.53 Å². The monoisotopic (exact) mass is 354 g/mol. The molecule has 0 spiro atoms. The van der Waals surface area contributed by atoms with Crippen molar-refractivity contribution in [3.63, 3.8) is 0 Å². The van der Waals surface area contributed by atoms with Crippen LogP contribution in [0.1, 0.15) is 26.2 Å². The maximum absolute atomic E-state index is 12.2. The fourth-order valence-electron chi connectivity index (χ4n) is 3.20. The molecule has 0 aliphatic carbocycles. The zero-order valence-electron chi connectivity index (χ0n) is 15.4. The molecule has 0 bridgehead atoms. The van der Waals surface area contributed by atoms with Gasteiger partial charge in [0, 0.05) is 25.2 Å². The van der Waals surface area contributed by atoms with Gasteiger partial charge in [0.2, 0.25) is 5.91 Å². The zero-order chi connectivity index (χ0) is 18.4. The molecule has 1 aliphatic heterocycles. The van der Waals surface area contributed by atoms with E-state index in [1.807, 2.05) is 36.4 Å². The Bertz CT molecular complexity index is 716. The highest BCUT2D eigenvalue weighted by Crippen LogP contribution is 2.24. The molecule has 2 aromatic rings. The van der Waals surface area contributed by atoms with Crippen LogP contribution >= 0.6 is 0 Å². The average Bonchev–Trinajstić information content (AvgIpc) is 2.72. The molecule has 0 saturated carbocycles. The Labute approximate surface area is 154 Å². The number of nitrogens with zero attached hydrogens (tertiary/aromatic N) is 3. The number of hydrogen-bond donors (Lipinski definition) is 1. The molecule has 1 atom stereocenters. The summed E-state index contributed by atoms with van der Waals surface area (Å²) in [4.78, 5) is 14.4. The maximum Gasteiger partial charge on any atom is 0.224 e. The van der Waals surface area contributed by atoms with E-state index in [0.717, 1.165) is 55.2 Å². The number of hydrogen-bond acceptors (Lipinski definition) is 5. The van der Waals surface area contributed by atoms with Gasteiger partial charge in [-0.25, -0.2) is 0 Å². The number of rotatable bonds is 6. The minimum atomic E-state index is 0.0263. The fourth-order valence-corrected chi connectivity index (χ4v) is 3.20. The Morgan fingerprint density at radius 3 is 2.69 bits per heavy atom. The molecular weight excluding hydrogens is 328 g/mol. The third-order valence-corrected chi connectivity index (χ3v) is 4.70. The molecule has 1 amide bonds. The van der Waals surface area contributed by atoms with Crippen molar-refractivity contribution in [2.45, 2.75) is 26.2 Å². The fraction of sp³-hybridized carbons (Fsp3) is 0.450. The third-order valence-electron chi connectivity index (χ3n) is 4.70. The average molecular weight is 354 g/mol. The van der Waals surface area contributed by atoms with Crippen LogP contribution in [-0.2, 0) is 4.79 Å². The lowest BCUT2D eigenvalue weighted by atomic mass is 9.97. The topological polar surface area (TPSA) is 67.4 Å². The predicted octanol–water partition coefficient (Wildman–Crippen LogP) is 2.89. The molecular formula is C20H26N4O2. The molecule has 26 heavy (non-hydrogen) atoms. The van der Waals surface area contributed by atoms with Gasteiger partial charge in [-0.1, -0.05) is 6.92 Å². The lowest BCUT2D eigenvalue weighted by Crippen LogP contribution is -2.43. The van der Waals surface area contributed by atoms with Crippen LogP contribution in [-0.4, -0.2) is 42.8 Å². The van der Waals surface area contributed by atoms with E-state index in [2.05, 4.69) is 27.3 Å². The van der Waals surface area contributed by atoms with Crippen LogP contribution in [0.3, 0.4) is 0 Å². The lowest BCUT2D eigenvalue weighted by molar-refractivity contribution is -0.125. The zero-order valence-corrected chi connectivity index (χ0v) is 15.4. The quantitative estimate of drug-likeness (QED) is 0.864. The molecule has 1 aromatic heterocycles. The number of piperidine rings is 1. The number of nitrogens with one attached hydrogen (secondary N) is 1. The Hall–Kier alpha value is -2.63. The number of aromatic nitrogens is 2. The minimum Gasteiger partial charge on any atom is -0.497 e. The number of benzene rings is 1. The second-order valence-corrected chi connectivity index (χ2v) is 6.58. The van der Waals surface area contributed by atoms with Crippen LogP contribution in [0.5, 0.6) is 5.75 Å². The van der Waals surface area contributed by atoms with E-state index in [4.69, 9.17) is 4.74 Å². The third kappa shape index (κ3) is 4.31. The van der Waals surface area contributed by atoms with Crippen LogP contribution in [0.2, 0.25) is 0 Å². The maximum atomic E-state index is 12.2. The van der Waals surface area contributed by atoms with Gasteiger partial charge in [-0.05, 0) is 55.7 Å². The first-order chi connectivity index (χ1) is 12.7. The SMILES string of the molecule is CCCNC(=O)C1CCCN(c2ccc(-c3ccc(OC)cc3)nn2)C1. The number of methoxy groups -OCH3 is 1. The van der Waals surface area contributed by atoms with Crippen molar-refractivity contribution in [2.24, 2.45) is 5.92 Å². The summed E-state index contributed by atoms with van der Waals surface area (Å²) >= 11 is 0. The first kappa shape index (κ1) is 18.2. The van der Waals surface area contributed by atoms with Crippen LogP contribution in [0, 0.1) is 5.92 Å². The van der Waals surface area contributed by atoms with Crippen LogP contribution in [0.25, 0.3) is 11.3 Å². The summed E-state index contributed by atoms with van der Waals surface area (Å²) in [7, 11) is 1.65. The van der Waals surface area contributed by atoms with Crippen molar-refractivity contribution in [3.05, 3.63) is 36.4 Å². The second-order valence-electron chi connectivity index (χ2n) is 6.58. The van der Waals surface area contributed by atoms with Crippen LogP contribution < -0.4 is 15.0 Å². The Morgan fingerprint density at radius 1 is 1.23 bits per heavy atom. The molecule has 0 radical (unpaired) electrons. The van der Waals surface area contributed by atoms with Crippen LogP contribution in [0.4, 0.5) is 5.82 Å². The van der Waals surface area contributed by atoms with Gasteiger partial charge in [-0.3, -0.25) is 4.79 Å². The van der Waals surface area contributed by atoms with Gasteiger partial charge in [0.1, 0.15) is 5.75 Å². The van der Waals surface area contributed by atoms with Gasteiger partial charge >= 0.3 is 0 Å². The normalized spacial score (nSPS) is 17.0. The van der Waals surface area contributed by atoms with E-state index < -0.39 is 0 Å². The number of ether oxygens (including phenoxy) is 1. The molecule has 1 saturated heterocycles. The van der Waals surface area contributed by atoms with E-state index in [-0.39, 0.29) is 11.8 Å². The number of carbonyl (C=O) groups is 1. The molecule has 1 aromatic carbocycles. The molecule has 3 rings (SSSR count). The van der Waals surface area contributed by atoms with Gasteiger partial charge in [0.25, 0.3) is 0 Å². The Kier molecular flexibility index (Phi) is 6.04. The van der Waals surface area contributed by atoms with Gasteiger partial charge < -0.3 is 15.0 Å². The van der Waals surface area contributed by atoms with Gasteiger partial charge in [0.05, 0.1) is 18.7 Å². The molecule has 138 valence electrons. The predicted molar refractivity (Wildman–Crippen MR) is 102 cm³/mol. The Morgan fingerprint density at radius 2 is 2.04 bits per heavy atom. The van der Waals surface area contributed by atoms with Crippen molar-refractivity contribution in [1.29, 1.82) is 0 Å². The standard InChI is InChI=1S/C20H26N4O2/c1-3-12-21-20(25)16-5-4-13-24(14-16)19-11-10-18(22-23-19)15-6-8-17(26-2)9-7-15/h6-11,16H,3-5,12-14H2,1-2H3,(H,21,25). The summed E-state index contributed by atoms with van der Waals surface area (Å²) in [6.07, 6.45) is 2.88. The molecule has 1 fully saturated rings. The number of carbonyl (C=O) groups excluding carboxylic acids is 1. The largest absolute Gasteiger partial charge is 0.497 e. The molecule has 6 heteroatoms. The first-order valence-corrected chi connectivity index (χ1v) is 9.22. The first-order valence-electron chi connectivity index (χ1n) is 9.22. The lowest BCUT2D eigenvalue weighted by Gasteiger charge is -2.32. The number of anilines is 1. The highest BCUT2D eigenvalue weighted by Gasteiger charge is 2.26. The highest BCUT2D eigenvalue weighted by atomic mass is 16.5. The van der Waals surface area contributed by atoms with E-state index in [1.165, 1.54) is 0 Å². The summed E-state index contributed by atoms with van der Waals surface area (Å²) in [5, 5.41) is 11.8. The van der Waals surface area contributed by atoms with E-state index in [1.54, 1.807) is 7.11 Å². The van der Waals surface area contributed by atoms with Crippen molar-refractivity contribution in [1.82, 2.24) is 15.5 Å². The molecule has 1 aliphatic rings. The molecule has 1 unspecified atom stereocenters. The summed E-state index contributed by atoms with van der Waals surface area (Å²) in [6, 6.07) is 11.7.